The van der Waals surface area contributed by atoms with Crippen LogP contribution in [0.5, 0.6) is 0 Å². The quantitative estimate of drug-likeness (QED) is 0.913. The molecule has 1 fully saturated rings. The van der Waals surface area contributed by atoms with Gasteiger partial charge in [0.25, 0.3) is 0 Å². The molecule has 1 aliphatic rings. The van der Waals surface area contributed by atoms with Crippen LogP contribution in [-0.2, 0) is 6.42 Å². The van der Waals surface area contributed by atoms with Gasteiger partial charge in [-0.3, -0.25) is 0 Å². The Bertz CT molecular complexity index is 560. The lowest BCUT2D eigenvalue weighted by atomic mass is 9.89. The van der Waals surface area contributed by atoms with Gasteiger partial charge in [0.15, 0.2) is 5.82 Å². The number of nitrogens with zero attached hydrogens (tertiary/aromatic N) is 2. The fourth-order valence-corrected chi connectivity index (χ4v) is 2.40. The highest BCUT2D eigenvalue weighted by atomic mass is 16.5. The van der Waals surface area contributed by atoms with Crippen LogP contribution in [0.4, 0.5) is 0 Å². The van der Waals surface area contributed by atoms with Crippen LogP contribution < -0.4 is 5.32 Å². The summed E-state index contributed by atoms with van der Waals surface area (Å²) >= 11 is 0. The molecule has 4 heteroatoms. The van der Waals surface area contributed by atoms with Crippen LogP contribution in [0.15, 0.2) is 28.8 Å². The summed E-state index contributed by atoms with van der Waals surface area (Å²) in [5, 5.41) is 7.37. The smallest absolute Gasteiger partial charge is 0.229 e. The van der Waals surface area contributed by atoms with Gasteiger partial charge in [-0.15, -0.1) is 0 Å². The molecular weight excluding hydrogens is 238 g/mol. The molecular formula is C15H19N3O. The highest BCUT2D eigenvalue weighted by molar-refractivity contribution is 5.24. The molecule has 0 amide bonds. The maximum Gasteiger partial charge on any atom is 0.229 e. The van der Waals surface area contributed by atoms with Crippen LogP contribution >= 0.6 is 0 Å². The number of nitrogens with one attached hydrogen (secondary N) is 1. The Morgan fingerprint density at radius 3 is 2.95 bits per heavy atom. The predicted molar refractivity (Wildman–Crippen MR) is 73.1 cm³/mol. The van der Waals surface area contributed by atoms with Crippen LogP contribution in [0.1, 0.15) is 35.7 Å². The van der Waals surface area contributed by atoms with E-state index in [0.29, 0.717) is 11.8 Å². The number of aryl methyl sites for hydroxylation is 1. The van der Waals surface area contributed by atoms with Crippen LogP contribution in [0, 0.1) is 12.8 Å². The molecule has 1 aliphatic heterocycles. The van der Waals surface area contributed by atoms with Crippen molar-refractivity contribution in [3.05, 3.63) is 47.1 Å². The third kappa shape index (κ3) is 2.68. The van der Waals surface area contributed by atoms with E-state index >= 15 is 0 Å². The van der Waals surface area contributed by atoms with Crippen molar-refractivity contribution in [2.45, 2.75) is 26.2 Å². The molecule has 0 spiro atoms. The number of hydrogen-bond donors (Lipinski definition) is 1. The molecule has 1 aromatic heterocycles. The summed E-state index contributed by atoms with van der Waals surface area (Å²) in [6, 6.07) is 8.42. The maximum absolute atomic E-state index is 5.40. The first-order chi connectivity index (χ1) is 9.22. The highest BCUT2D eigenvalue weighted by Crippen LogP contribution is 2.25. The van der Waals surface area contributed by atoms with E-state index in [1.165, 1.54) is 11.1 Å². The highest BCUT2D eigenvalue weighted by Gasteiger charge is 2.28. The van der Waals surface area contributed by atoms with Gasteiger partial charge < -0.3 is 9.84 Å². The summed E-state index contributed by atoms with van der Waals surface area (Å²) in [6.45, 7) is 6.36. The lowest BCUT2D eigenvalue weighted by molar-refractivity contribution is 0.252. The van der Waals surface area contributed by atoms with Gasteiger partial charge in [-0.05, 0) is 31.5 Å². The Kier molecular flexibility index (Phi) is 3.34. The predicted octanol–water partition coefficient (Wildman–Crippen LogP) is 2.29. The molecule has 1 N–H and O–H groups in total. The second-order valence-electron chi connectivity index (χ2n) is 5.42. The van der Waals surface area contributed by atoms with E-state index in [0.717, 1.165) is 31.2 Å². The second kappa shape index (κ2) is 5.13. The van der Waals surface area contributed by atoms with E-state index in [1.807, 2.05) is 0 Å². The molecule has 2 heterocycles. The zero-order valence-electron chi connectivity index (χ0n) is 11.4. The van der Waals surface area contributed by atoms with Crippen LogP contribution in [0.2, 0.25) is 0 Å². The van der Waals surface area contributed by atoms with Gasteiger partial charge in [0.05, 0.1) is 0 Å². The van der Waals surface area contributed by atoms with Gasteiger partial charge in [-0.25, -0.2) is 0 Å². The maximum atomic E-state index is 5.40. The summed E-state index contributed by atoms with van der Waals surface area (Å²) in [5.74, 6) is 2.53. The van der Waals surface area contributed by atoms with E-state index < -0.39 is 0 Å². The van der Waals surface area contributed by atoms with E-state index in [9.17, 15) is 0 Å². The average Bonchev–Trinajstić information content (AvgIpc) is 2.75. The van der Waals surface area contributed by atoms with Crippen molar-refractivity contribution in [1.29, 1.82) is 0 Å². The number of benzene rings is 1. The molecule has 4 nitrogen and oxygen atoms in total. The van der Waals surface area contributed by atoms with E-state index in [2.05, 4.69) is 53.6 Å². The molecule has 0 saturated carbocycles. The monoisotopic (exact) mass is 257 g/mol. The molecule has 0 radical (unpaired) electrons. The molecule has 1 atom stereocenters. The number of hydrogen-bond acceptors (Lipinski definition) is 4. The molecule has 1 saturated heterocycles. The first-order valence-electron chi connectivity index (χ1n) is 6.81. The van der Waals surface area contributed by atoms with Gasteiger partial charge >= 0.3 is 0 Å². The Hall–Kier alpha value is -1.68. The first-order valence-corrected chi connectivity index (χ1v) is 6.81. The molecule has 19 heavy (non-hydrogen) atoms. The fourth-order valence-electron chi connectivity index (χ4n) is 2.40. The minimum atomic E-state index is 0.347. The van der Waals surface area contributed by atoms with E-state index in [4.69, 9.17) is 4.52 Å². The molecule has 1 unspecified atom stereocenters. The average molecular weight is 257 g/mol. The summed E-state index contributed by atoms with van der Waals surface area (Å²) in [7, 11) is 0. The van der Waals surface area contributed by atoms with Crippen LogP contribution in [0.25, 0.3) is 0 Å². The van der Waals surface area contributed by atoms with E-state index in [-0.39, 0.29) is 0 Å². The third-order valence-corrected chi connectivity index (χ3v) is 3.84. The lowest BCUT2D eigenvalue weighted by Gasteiger charge is -2.30. The Balaban J connectivity index is 1.70. The third-order valence-electron chi connectivity index (χ3n) is 3.84. The SMILES string of the molecule is Cc1cccc(Cc2noc(C(C)C3CNC3)n2)c1. The fraction of sp³-hybridized carbons (Fsp3) is 0.467. The van der Waals surface area contributed by atoms with Crippen molar-refractivity contribution >= 4 is 0 Å². The van der Waals surface area contributed by atoms with Crippen LogP contribution in [0.3, 0.4) is 0 Å². The molecule has 2 aromatic rings. The topological polar surface area (TPSA) is 51.0 Å². The minimum absolute atomic E-state index is 0.347. The van der Waals surface area contributed by atoms with Gasteiger partial charge in [0, 0.05) is 12.3 Å². The summed E-state index contributed by atoms with van der Waals surface area (Å²) in [6.07, 6.45) is 0.737. The summed E-state index contributed by atoms with van der Waals surface area (Å²) in [5.41, 5.74) is 2.49. The van der Waals surface area contributed by atoms with Crippen molar-refractivity contribution in [2.75, 3.05) is 13.1 Å². The molecule has 0 aliphatic carbocycles. The molecule has 0 bridgehead atoms. The second-order valence-corrected chi connectivity index (χ2v) is 5.42. The standard InChI is InChI=1S/C15H19N3O/c1-10-4-3-5-12(6-10)7-14-17-15(19-18-14)11(2)13-8-16-9-13/h3-6,11,13,16H,7-9H2,1-2H3. The Morgan fingerprint density at radius 1 is 1.42 bits per heavy atom. The molecule has 1 aromatic carbocycles. The minimum Gasteiger partial charge on any atom is -0.339 e. The molecule has 3 rings (SSSR count). The summed E-state index contributed by atoms with van der Waals surface area (Å²) < 4.78 is 5.40. The van der Waals surface area contributed by atoms with Gasteiger partial charge in [-0.2, -0.15) is 4.98 Å². The van der Waals surface area contributed by atoms with Crippen LogP contribution in [-0.4, -0.2) is 23.2 Å². The number of aromatic nitrogens is 2. The Labute approximate surface area is 113 Å². The van der Waals surface area contributed by atoms with Crippen molar-refractivity contribution < 1.29 is 4.52 Å². The Morgan fingerprint density at radius 2 is 2.26 bits per heavy atom. The molecule has 100 valence electrons. The van der Waals surface area contributed by atoms with Crippen molar-refractivity contribution in [3.63, 3.8) is 0 Å². The largest absolute Gasteiger partial charge is 0.339 e. The number of rotatable bonds is 4. The van der Waals surface area contributed by atoms with Crippen molar-refractivity contribution in [3.8, 4) is 0 Å². The van der Waals surface area contributed by atoms with Crippen molar-refractivity contribution in [1.82, 2.24) is 15.5 Å². The van der Waals surface area contributed by atoms with Crippen molar-refractivity contribution in [2.24, 2.45) is 5.92 Å². The normalized spacial score (nSPS) is 17.2. The summed E-state index contributed by atoms with van der Waals surface area (Å²) in [4.78, 5) is 4.53. The van der Waals surface area contributed by atoms with E-state index in [1.54, 1.807) is 0 Å². The lowest BCUT2D eigenvalue weighted by Crippen LogP contribution is -2.44. The zero-order chi connectivity index (χ0) is 13.2. The van der Waals surface area contributed by atoms with Gasteiger partial charge in [0.1, 0.15) is 0 Å². The van der Waals surface area contributed by atoms with Gasteiger partial charge in [-0.1, -0.05) is 41.9 Å². The zero-order valence-corrected chi connectivity index (χ0v) is 11.4. The van der Waals surface area contributed by atoms with Gasteiger partial charge in [0.2, 0.25) is 5.89 Å². The first kappa shape index (κ1) is 12.4.